The van der Waals surface area contributed by atoms with Crippen LogP contribution in [-0.4, -0.2) is 54.9 Å². The number of ether oxygens (including phenoxy) is 1. The summed E-state index contributed by atoms with van der Waals surface area (Å²) in [5.74, 6) is -3.11. The summed E-state index contributed by atoms with van der Waals surface area (Å²) in [5.41, 5.74) is -1.50. The molecular formula is C16H18N4O6. The zero-order valence-electron chi connectivity index (χ0n) is 14.2. The van der Waals surface area contributed by atoms with Gasteiger partial charge in [0.05, 0.1) is 0 Å². The molecule has 0 spiro atoms. The number of likely N-dealkylation sites (tertiary alicyclic amines) is 1. The van der Waals surface area contributed by atoms with Crippen LogP contribution in [0, 0.1) is 0 Å². The number of aromatic carboxylic acids is 1. The highest BCUT2D eigenvalue weighted by atomic mass is 16.5. The van der Waals surface area contributed by atoms with Gasteiger partial charge in [0.25, 0.3) is 0 Å². The number of hydrogen-bond donors (Lipinski definition) is 1. The maximum Gasteiger partial charge on any atom is 0.358 e. The van der Waals surface area contributed by atoms with E-state index in [-0.39, 0.29) is 18.2 Å². The minimum Gasteiger partial charge on any atom is -0.476 e. The number of amides is 1. The van der Waals surface area contributed by atoms with Crippen LogP contribution >= 0.6 is 0 Å². The van der Waals surface area contributed by atoms with Crippen molar-refractivity contribution in [2.45, 2.75) is 32.7 Å². The van der Waals surface area contributed by atoms with Gasteiger partial charge in [-0.1, -0.05) is 0 Å². The molecule has 2 aromatic heterocycles. The number of carboxylic acid groups (broad SMARTS) is 1. The molecule has 1 saturated heterocycles. The summed E-state index contributed by atoms with van der Waals surface area (Å²) < 4.78 is 7.19. The van der Waals surface area contributed by atoms with Crippen LogP contribution in [0.25, 0.3) is 5.78 Å². The smallest absolute Gasteiger partial charge is 0.358 e. The molecule has 10 heteroatoms. The van der Waals surface area contributed by atoms with E-state index >= 15 is 0 Å². The maximum absolute atomic E-state index is 12.5. The quantitative estimate of drug-likeness (QED) is 0.767. The standard InChI is InChI=1S/C16H18N4O6/c1-10(21)26-13-12(15(24)25)17-16-19(7-8-20(16)14(13)23)9-11(22)18-5-3-2-4-6-18/h7-8H,2-6,9H2,1H3,(H,24,25). The Kier molecular flexibility index (Phi) is 4.74. The summed E-state index contributed by atoms with van der Waals surface area (Å²) in [7, 11) is 0. The number of rotatable bonds is 4. The van der Waals surface area contributed by atoms with E-state index in [2.05, 4.69) is 4.98 Å². The van der Waals surface area contributed by atoms with Gasteiger partial charge >= 0.3 is 17.5 Å². The molecule has 26 heavy (non-hydrogen) atoms. The van der Waals surface area contributed by atoms with Crippen molar-refractivity contribution in [1.82, 2.24) is 18.9 Å². The second-order valence-corrected chi connectivity index (χ2v) is 6.03. The summed E-state index contributed by atoms with van der Waals surface area (Å²) in [4.78, 5) is 53.1. The molecule has 3 rings (SSSR count). The first-order valence-electron chi connectivity index (χ1n) is 8.19. The van der Waals surface area contributed by atoms with Crippen LogP contribution in [-0.2, 0) is 16.1 Å². The fourth-order valence-electron chi connectivity index (χ4n) is 2.95. The van der Waals surface area contributed by atoms with E-state index in [0.29, 0.717) is 13.1 Å². The molecule has 0 unspecified atom stereocenters. The molecule has 2 aromatic rings. The summed E-state index contributed by atoms with van der Waals surface area (Å²) >= 11 is 0. The first-order valence-corrected chi connectivity index (χ1v) is 8.19. The van der Waals surface area contributed by atoms with Crippen molar-refractivity contribution in [3.05, 3.63) is 28.4 Å². The largest absolute Gasteiger partial charge is 0.476 e. The third kappa shape index (κ3) is 3.30. The Hall–Kier alpha value is -3.17. The van der Waals surface area contributed by atoms with E-state index < -0.39 is 28.9 Å². The summed E-state index contributed by atoms with van der Waals surface area (Å²) in [6.07, 6.45) is 5.81. The number of carbonyl (C=O) groups excluding carboxylic acids is 2. The second-order valence-electron chi connectivity index (χ2n) is 6.03. The van der Waals surface area contributed by atoms with Gasteiger partial charge in [0, 0.05) is 32.4 Å². The highest BCUT2D eigenvalue weighted by Crippen LogP contribution is 2.15. The van der Waals surface area contributed by atoms with Crippen molar-refractivity contribution in [1.29, 1.82) is 0 Å². The number of aromatic nitrogens is 3. The lowest BCUT2D eigenvalue weighted by atomic mass is 10.1. The van der Waals surface area contributed by atoms with E-state index in [4.69, 9.17) is 4.74 Å². The zero-order chi connectivity index (χ0) is 18.8. The van der Waals surface area contributed by atoms with Gasteiger partial charge in [-0.05, 0) is 19.3 Å². The van der Waals surface area contributed by atoms with Crippen LogP contribution in [0.1, 0.15) is 36.7 Å². The average Bonchev–Trinajstić information content (AvgIpc) is 3.00. The molecule has 0 aromatic carbocycles. The maximum atomic E-state index is 12.5. The molecule has 138 valence electrons. The predicted octanol–water partition coefficient (Wildman–Crippen LogP) is 0.132. The Balaban J connectivity index is 2.00. The molecule has 1 N–H and O–H groups in total. The molecular weight excluding hydrogens is 344 g/mol. The van der Waals surface area contributed by atoms with Crippen LogP contribution in [0.3, 0.4) is 0 Å². The van der Waals surface area contributed by atoms with Crippen LogP contribution in [0.5, 0.6) is 5.75 Å². The van der Waals surface area contributed by atoms with Gasteiger partial charge in [0.15, 0.2) is 0 Å². The molecule has 1 aliphatic heterocycles. The average molecular weight is 362 g/mol. The van der Waals surface area contributed by atoms with Gasteiger partial charge < -0.3 is 19.3 Å². The lowest BCUT2D eigenvalue weighted by Gasteiger charge is -2.26. The Labute approximate surface area is 147 Å². The summed E-state index contributed by atoms with van der Waals surface area (Å²) in [6, 6.07) is 0. The fourth-order valence-corrected chi connectivity index (χ4v) is 2.95. The third-order valence-corrected chi connectivity index (χ3v) is 4.17. The number of fused-ring (bicyclic) bond motifs is 1. The van der Waals surface area contributed by atoms with Crippen LogP contribution in [0.2, 0.25) is 0 Å². The summed E-state index contributed by atoms with van der Waals surface area (Å²) in [5, 5.41) is 9.29. The van der Waals surface area contributed by atoms with Gasteiger partial charge in [-0.2, -0.15) is 0 Å². The first-order chi connectivity index (χ1) is 12.4. The summed E-state index contributed by atoms with van der Waals surface area (Å²) in [6.45, 7) is 2.36. The highest BCUT2D eigenvalue weighted by molar-refractivity contribution is 5.90. The minimum atomic E-state index is -1.50. The number of carbonyl (C=O) groups is 3. The molecule has 0 aliphatic carbocycles. The molecule has 10 nitrogen and oxygen atoms in total. The van der Waals surface area contributed by atoms with Gasteiger partial charge in [-0.15, -0.1) is 0 Å². The number of nitrogens with zero attached hydrogens (tertiary/aromatic N) is 4. The van der Waals surface area contributed by atoms with Crippen LogP contribution < -0.4 is 10.3 Å². The highest BCUT2D eigenvalue weighted by Gasteiger charge is 2.24. The van der Waals surface area contributed by atoms with E-state index in [1.54, 1.807) is 4.90 Å². The second kappa shape index (κ2) is 6.98. The normalized spacial score (nSPS) is 14.4. The molecule has 0 bridgehead atoms. The van der Waals surface area contributed by atoms with E-state index in [0.717, 1.165) is 30.6 Å². The number of esters is 1. The number of carboxylic acids is 1. The molecule has 1 aliphatic rings. The van der Waals surface area contributed by atoms with Crippen molar-refractivity contribution in [3.8, 4) is 5.75 Å². The van der Waals surface area contributed by atoms with Crippen molar-refractivity contribution >= 4 is 23.6 Å². The van der Waals surface area contributed by atoms with E-state index in [9.17, 15) is 24.3 Å². The Morgan fingerprint density at radius 2 is 1.88 bits per heavy atom. The van der Waals surface area contributed by atoms with Gasteiger partial charge in [0.2, 0.25) is 23.1 Å². The predicted molar refractivity (Wildman–Crippen MR) is 88.2 cm³/mol. The van der Waals surface area contributed by atoms with E-state index in [1.807, 2.05) is 0 Å². The molecule has 0 saturated carbocycles. The van der Waals surface area contributed by atoms with Crippen molar-refractivity contribution in [3.63, 3.8) is 0 Å². The molecule has 1 fully saturated rings. The number of hydrogen-bond acceptors (Lipinski definition) is 6. The Morgan fingerprint density at radius 3 is 2.50 bits per heavy atom. The zero-order valence-corrected chi connectivity index (χ0v) is 14.2. The third-order valence-electron chi connectivity index (χ3n) is 4.17. The molecule has 0 atom stereocenters. The van der Waals surface area contributed by atoms with Crippen molar-refractivity contribution in [2.24, 2.45) is 0 Å². The van der Waals surface area contributed by atoms with Crippen LogP contribution in [0.4, 0.5) is 0 Å². The topological polar surface area (TPSA) is 123 Å². The Bertz CT molecular complexity index is 938. The monoisotopic (exact) mass is 362 g/mol. The first kappa shape index (κ1) is 17.6. The van der Waals surface area contributed by atoms with Crippen LogP contribution in [0.15, 0.2) is 17.2 Å². The van der Waals surface area contributed by atoms with Gasteiger partial charge in [-0.3, -0.25) is 14.4 Å². The molecule has 0 radical (unpaired) electrons. The molecule has 1 amide bonds. The van der Waals surface area contributed by atoms with E-state index in [1.165, 1.54) is 17.0 Å². The fraction of sp³-hybridized carbons (Fsp3) is 0.438. The van der Waals surface area contributed by atoms with Gasteiger partial charge in [0.1, 0.15) is 6.54 Å². The van der Waals surface area contributed by atoms with Crippen molar-refractivity contribution < 1.29 is 24.2 Å². The molecule has 3 heterocycles. The number of piperidine rings is 1. The lowest BCUT2D eigenvalue weighted by molar-refractivity contribution is -0.133. The lowest BCUT2D eigenvalue weighted by Crippen LogP contribution is -2.37. The Morgan fingerprint density at radius 1 is 1.19 bits per heavy atom. The van der Waals surface area contributed by atoms with Gasteiger partial charge in [-0.25, -0.2) is 14.2 Å². The number of imidazole rings is 1. The van der Waals surface area contributed by atoms with Crippen molar-refractivity contribution in [2.75, 3.05) is 13.1 Å². The SMILES string of the molecule is CC(=O)Oc1c(C(=O)O)nc2n(CC(=O)N3CCCCC3)ccn2c1=O. The minimum absolute atomic E-state index is 0.00587.